The molecular weight excluding hydrogens is 276 g/mol. The van der Waals surface area contributed by atoms with E-state index in [1.54, 1.807) is 0 Å². The van der Waals surface area contributed by atoms with Crippen LogP contribution in [-0.4, -0.2) is 50.4 Å². The van der Waals surface area contributed by atoms with Crippen LogP contribution in [0.4, 0.5) is 0 Å². The number of aliphatic hydroxyl groups is 1. The molecule has 0 aromatic carbocycles. The smallest absolute Gasteiger partial charge is 0.192 e. The molecule has 2 fully saturated rings. The van der Waals surface area contributed by atoms with E-state index in [-0.39, 0.29) is 17.2 Å². The predicted molar refractivity (Wildman–Crippen MR) is 77.9 cm³/mol. The molecule has 0 aliphatic carbocycles. The highest BCUT2D eigenvalue weighted by Gasteiger charge is 2.55. The second-order valence-electron chi connectivity index (χ2n) is 7.70. The Bertz CT molecular complexity index is 363. The molecule has 2 aliphatic heterocycles. The lowest BCUT2D eigenvalue weighted by Gasteiger charge is -2.37. The van der Waals surface area contributed by atoms with Crippen LogP contribution in [0.25, 0.3) is 0 Å². The maximum absolute atomic E-state index is 9.92. The number of hydrogen-bond acceptors (Lipinski definition) is 5. The third-order valence-electron chi connectivity index (χ3n) is 4.54. The van der Waals surface area contributed by atoms with Gasteiger partial charge in [-0.05, 0) is 32.0 Å². The number of rotatable bonds is 3. The molecule has 5 nitrogen and oxygen atoms in total. The lowest BCUT2D eigenvalue weighted by atomic mass is 10.1. The lowest BCUT2D eigenvalue weighted by Crippen LogP contribution is -2.44. The highest BCUT2D eigenvalue weighted by molar-refractivity contribution is 6.74. The van der Waals surface area contributed by atoms with E-state index in [0.29, 0.717) is 6.61 Å². The maximum atomic E-state index is 9.92. The molecule has 0 radical (unpaired) electrons. The van der Waals surface area contributed by atoms with Crippen molar-refractivity contribution in [3.8, 4) is 0 Å². The summed E-state index contributed by atoms with van der Waals surface area (Å²) >= 11 is 0. The topological polar surface area (TPSA) is 57.2 Å². The largest absolute Gasteiger partial charge is 0.414 e. The van der Waals surface area contributed by atoms with Gasteiger partial charge in [-0.1, -0.05) is 20.8 Å². The van der Waals surface area contributed by atoms with E-state index >= 15 is 0 Å². The zero-order chi connectivity index (χ0) is 15.3. The van der Waals surface area contributed by atoms with E-state index in [1.165, 1.54) is 0 Å². The molecule has 1 unspecified atom stereocenters. The summed E-state index contributed by atoms with van der Waals surface area (Å²) in [5.41, 5.74) is 0. The molecule has 0 saturated carbocycles. The molecule has 6 heteroatoms. The monoisotopic (exact) mass is 304 g/mol. The molecule has 2 saturated heterocycles. The van der Waals surface area contributed by atoms with Crippen molar-refractivity contribution in [3.05, 3.63) is 0 Å². The average Bonchev–Trinajstić information content (AvgIpc) is 2.70. The molecule has 0 aromatic heterocycles. The van der Waals surface area contributed by atoms with E-state index in [2.05, 4.69) is 33.9 Å². The lowest BCUT2D eigenvalue weighted by molar-refractivity contribution is -0.222. The number of ether oxygens (including phenoxy) is 3. The number of hydrogen-bond donors (Lipinski definition) is 1. The van der Waals surface area contributed by atoms with Crippen molar-refractivity contribution in [1.82, 2.24) is 0 Å². The van der Waals surface area contributed by atoms with E-state index in [1.807, 2.05) is 13.8 Å². The SMILES string of the molecule is CC1(C)O[C@@H]2[C@H](O1)C(O)O[C@@H]2CO[Si](C)(C)C(C)(C)C. The number of aliphatic hydroxyl groups excluding tert-OH is 1. The first-order valence-electron chi connectivity index (χ1n) is 7.26. The predicted octanol–water partition coefficient (Wildman–Crippen LogP) is 2.25. The van der Waals surface area contributed by atoms with Gasteiger partial charge in [0, 0.05) is 0 Å². The first kappa shape index (κ1) is 16.4. The molecule has 0 bridgehead atoms. The third kappa shape index (κ3) is 3.10. The second kappa shape index (κ2) is 5.03. The molecule has 118 valence electrons. The Morgan fingerprint density at radius 1 is 1.15 bits per heavy atom. The van der Waals surface area contributed by atoms with Crippen molar-refractivity contribution in [2.24, 2.45) is 0 Å². The number of fused-ring (bicyclic) bond motifs is 1. The van der Waals surface area contributed by atoms with Crippen LogP contribution in [0.2, 0.25) is 18.1 Å². The highest BCUT2D eigenvalue weighted by Crippen LogP contribution is 2.40. The summed E-state index contributed by atoms with van der Waals surface area (Å²) in [5, 5.41) is 10.1. The maximum Gasteiger partial charge on any atom is 0.192 e. The zero-order valence-corrected chi connectivity index (χ0v) is 14.6. The second-order valence-corrected chi connectivity index (χ2v) is 12.5. The summed E-state index contributed by atoms with van der Waals surface area (Å²) in [4.78, 5) is 0. The summed E-state index contributed by atoms with van der Waals surface area (Å²) in [6.45, 7) is 15.1. The van der Waals surface area contributed by atoms with Crippen LogP contribution in [0.15, 0.2) is 0 Å². The van der Waals surface area contributed by atoms with E-state index in [0.717, 1.165) is 0 Å². The summed E-state index contributed by atoms with van der Waals surface area (Å²) < 4.78 is 23.2. The van der Waals surface area contributed by atoms with Gasteiger partial charge in [-0.3, -0.25) is 0 Å². The van der Waals surface area contributed by atoms with Crippen LogP contribution in [0.3, 0.4) is 0 Å². The Labute approximate surface area is 122 Å². The molecule has 1 N–H and O–H groups in total. The molecule has 2 aliphatic rings. The van der Waals surface area contributed by atoms with E-state index < -0.39 is 26.5 Å². The van der Waals surface area contributed by atoms with Crippen LogP contribution >= 0.6 is 0 Å². The van der Waals surface area contributed by atoms with Crippen molar-refractivity contribution in [3.63, 3.8) is 0 Å². The summed E-state index contributed by atoms with van der Waals surface area (Å²) in [7, 11) is -1.83. The quantitative estimate of drug-likeness (QED) is 0.810. The van der Waals surface area contributed by atoms with Crippen molar-refractivity contribution in [2.75, 3.05) is 6.61 Å². The Kier molecular flexibility index (Phi) is 4.13. The first-order chi connectivity index (χ1) is 8.93. The van der Waals surface area contributed by atoms with Gasteiger partial charge >= 0.3 is 0 Å². The minimum absolute atomic E-state index is 0.149. The fourth-order valence-electron chi connectivity index (χ4n) is 2.30. The van der Waals surface area contributed by atoms with Gasteiger partial charge in [0.15, 0.2) is 20.4 Å². The van der Waals surface area contributed by atoms with Gasteiger partial charge in [0.05, 0.1) is 6.61 Å². The van der Waals surface area contributed by atoms with Gasteiger partial charge in [0.2, 0.25) is 0 Å². The standard InChI is InChI=1S/C14H28O5Si/c1-13(2,3)20(6,7)16-8-9-10-11(12(15)17-9)19-14(4,5)18-10/h9-12,15H,8H2,1-7H3/t9-,10+,11+,12?/m1/s1. The van der Waals surface area contributed by atoms with E-state index in [4.69, 9.17) is 18.6 Å². The Morgan fingerprint density at radius 2 is 1.70 bits per heavy atom. The summed E-state index contributed by atoms with van der Waals surface area (Å²) in [6.07, 6.45) is -1.89. The molecule has 0 aromatic rings. The van der Waals surface area contributed by atoms with Crippen molar-refractivity contribution >= 4 is 8.32 Å². The molecule has 4 atom stereocenters. The normalized spacial score (nSPS) is 37.2. The van der Waals surface area contributed by atoms with Gasteiger partial charge in [-0.2, -0.15) is 0 Å². The fourth-order valence-corrected chi connectivity index (χ4v) is 3.31. The van der Waals surface area contributed by atoms with Crippen LogP contribution in [-0.2, 0) is 18.6 Å². The first-order valence-corrected chi connectivity index (χ1v) is 10.2. The molecule has 20 heavy (non-hydrogen) atoms. The minimum Gasteiger partial charge on any atom is -0.414 e. The van der Waals surface area contributed by atoms with Gasteiger partial charge in [-0.15, -0.1) is 0 Å². The fraction of sp³-hybridized carbons (Fsp3) is 1.00. The van der Waals surface area contributed by atoms with Gasteiger partial charge in [-0.25, -0.2) is 0 Å². The van der Waals surface area contributed by atoms with Crippen molar-refractivity contribution in [2.45, 2.75) is 83.1 Å². The third-order valence-corrected chi connectivity index (χ3v) is 9.04. The molecule has 2 rings (SSSR count). The Morgan fingerprint density at radius 3 is 2.25 bits per heavy atom. The van der Waals surface area contributed by atoms with Crippen molar-refractivity contribution < 1.29 is 23.7 Å². The zero-order valence-electron chi connectivity index (χ0n) is 13.6. The molecule has 2 heterocycles. The van der Waals surface area contributed by atoms with Crippen molar-refractivity contribution in [1.29, 1.82) is 0 Å². The van der Waals surface area contributed by atoms with Gasteiger partial charge in [0.1, 0.15) is 18.3 Å². The van der Waals surface area contributed by atoms with Gasteiger partial charge in [0.25, 0.3) is 0 Å². The van der Waals surface area contributed by atoms with Crippen LogP contribution in [0, 0.1) is 0 Å². The molecule has 0 spiro atoms. The minimum atomic E-state index is -1.83. The molecular formula is C14H28O5Si. The van der Waals surface area contributed by atoms with Gasteiger partial charge < -0.3 is 23.7 Å². The molecule has 0 amide bonds. The van der Waals surface area contributed by atoms with E-state index in [9.17, 15) is 5.11 Å². The highest BCUT2D eigenvalue weighted by atomic mass is 28.4. The van der Waals surface area contributed by atoms with Crippen LogP contribution in [0.5, 0.6) is 0 Å². The van der Waals surface area contributed by atoms with Crippen LogP contribution in [0.1, 0.15) is 34.6 Å². The average molecular weight is 304 g/mol. The summed E-state index contributed by atoms with van der Waals surface area (Å²) in [6, 6.07) is 0. The summed E-state index contributed by atoms with van der Waals surface area (Å²) in [5.74, 6) is -0.671. The Hall–Kier alpha value is 0.0169. The Balaban J connectivity index is 1.98. The van der Waals surface area contributed by atoms with Crippen LogP contribution < -0.4 is 0 Å².